The van der Waals surface area contributed by atoms with E-state index in [1.165, 1.54) is 11.1 Å². The van der Waals surface area contributed by atoms with Gasteiger partial charge in [0.15, 0.2) is 5.96 Å². The Kier molecular flexibility index (Phi) is 7.23. The maximum Gasteiger partial charge on any atom is 0.191 e. The van der Waals surface area contributed by atoms with Crippen LogP contribution in [0.15, 0.2) is 29.3 Å². The molecule has 118 valence electrons. The second kappa shape index (κ2) is 8.67. The molecule has 2 N–H and O–H groups in total. The summed E-state index contributed by atoms with van der Waals surface area (Å²) in [6.45, 7) is 9.12. The van der Waals surface area contributed by atoms with Crippen molar-refractivity contribution in [2.24, 2.45) is 4.99 Å². The first-order chi connectivity index (χ1) is 10.0. The van der Waals surface area contributed by atoms with Crippen molar-refractivity contribution in [2.75, 3.05) is 33.9 Å². The topological polar surface area (TPSA) is 45.7 Å². The van der Waals surface area contributed by atoms with E-state index in [2.05, 4.69) is 60.7 Å². The molecule has 0 aliphatic heterocycles. The average Bonchev–Trinajstić information content (AvgIpc) is 2.47. The molecule has 0 heterocycles. The molecule has 0 bridgehead atoms. The molecule has 0 saturated heterocycles. The van der Waals surface area contributed by atoms with Crippen molar-refractivity contribution in [2.45, 2.75) is 32.6 Å². The van der Waals surface area contributed by atoms with E-state index in [0.717, 1.165) is 32.1 Å². The van der Waals surface area contributed by atoms with E-state index >= 15 is 0 Å². The summed E-state index contributed by atoms with van der Waals surface area (Å²) in [4.78, 5) is 4.26. The molecule has 0 fully saturated rings. The summed E-state index contributed by atoms with van der Waals surface area (Å²) < 4.78 is 5.04. The lowest BCUT2D eigenvalue weighted by atomic mass is 9.82. The van der Waals surface area contributed by atoms with Crippen LogP contribution in [0.25, 0.3) is 0 Å². The summed E-state index contributed by atoms with van der Waals surface area (Å²) in [5.41, 5.74) is 2.75. The highest BCUT2D eigenvalue weighted by atomic mass is 16.5. The average molecular weight is 291 g/mol. The summed E-state index contributed by atoms with van der Waals surface area (Å²) in [6, 6.07) is 8.54. The first-order valence-corrected chi connectivity index (χ1v) is 7.51. The van der Waals surface area contributed by atoms with E-state index in [1.54, 1.807) is 14.2 Å². The molecule has 0 aliphatic rings. The second-order valence-electron chi connectivity index (χ2n) is 5.90. The number of guanidine groups is 1. The maximum atomic E-state index is 5.04. The normalized spacial score (nSPS) is 12.3. The molecule has 0 unspecified atom stereocenters. The highest BCUT2D eigenvalue weighted by Crippen LogP contribution is 2.25. The van der Waals surface area contributed by atoms with Crippen molar-refractivity contribution in [1.82, 2.24) is 10.6 Å². The van der Waals surface area contributed by atoms with Crippen LogP contribution in [0.3, 0.4) is 0 Å². The van der Waals surface area contributed by atoms with E-state index in [-0.39, 0.29) is 5.41 Å². The third kappa shape index (κ3) is 5.76. The molecule has 0 aliphatic carbocycles. The van der Waals surface area contributed by atoms with Crippen LogP contribution in [-0.4, -0.2) is 39.8 Å². The van der Waals surface area contributed by atoms with Gasteiger partial charge in [-0.15, -0.1) is 0 Å². The Balaban J connectivity index is 2.53. The summed E-state index contributed by atoms with van der Waals surface area (Å²) in [6.07, 6.45) is 0.971. The van der Waals surface area contributed by atoms with Gasteiger partial charge in [0.05, 0.1) is 0 Å². The molecule has 4 nitrogen and oxygen atoms in total. The molecule has 0 aromatic heterocycles. The molecule has 1 rings (SSSR count). The number of methoxy groups -OCH3 is 1. The fourth-order valence-electron chi connectivity index (χ4n) is 2.38. The fraction of sp³-hybridized carbons (Fsp3) is 0.588. The molecular weight excluding hydrogens is 262 g/mol. The number of nitrogens with one attached hydrogen (secondary N) is 2. The highest BCUT2D eigenvalue weighted by Gasteiger charge is 2.22. The molecule has 4 heteroatoms. The van der Waals surface area contributed by atoms with Crippen LogP contribution in [0.5, 0.6) is 0 Å². The summed E-state index contributed by atoms with van der Waals surface area (Å²) in [5.74, 6) is 0.841. The van der Waals surface area contributed by atoms with Crippen molar-refractivity contribution >= 4 is 5.96 Å². The van der Waals surface area contributed by atoms with Crippen molar-refractivity contribution in [1.29, 1.82) is 0 Å². The zero-order valence-electron chi connectivity index (χ0n) is 14.0. The van der Waals surface area contributed by atoms with Crippen LogP contribution >= 0.6 is 0 Å². The molecule has 1 aromatic rings. The Morgan fingerprint density at radius 1 is 1.24 bits per heavy atom. The number of hydrogen-bond acceptors (Lipinski definition) is 2. The third-order valence-corrected chi connectivity index (χ3v) is 3.61. The number of aryl methyl sites for hydroxylation is 1. The van der Waals surface area contributed by atoms with Crippen molar-refractivity contribution in [3.63, 3.8) is 0 Å². The Morgan fingerprint density at radius 2 is 1.95 bits per heavy atom. The van der Waals surface area contributed by atoms with E-state index in [1.807, 2.05) is 0 Å². The van der Waals surface area contributed by atoms with Gasteiger partial charge in [0.25, 0.3) is 0 Å². The first-order valence-electron chi connectivity index (χ1n) is 7.51. The lowest BCUT2D eigenvalue weighted by Gasteiger charge is -2.28. The minimum atomic E-state index is 0.0511. The predicted molar refractivity (Wildman–Crippen MR) is 90.1 cm³/mol. The van der Waals surface area contributed by atoms with Gasteiger partial charge < -0.3 is 15.4 Å². The maximum absolute atomic E-state index is 5.04. The summed E-state index contributed by atoms with van der Waals surface area (Å²) in [5, 5.41) is 6.71. The summed E-state index contributed by atoms with van der Waals surface area (Å²) >= 11 is 0. The number of nitrogens with zero attached hydrogens (tertiary/aromatic N) is 1. The van der Waals surface area contributed by atoms with Crippen molar-refractivity contribution in [3.05, 3.63) is 35.4 Å². The van der Waals surface area contributed by atoms with Gasteiger partial charge in [0.1, 0.15) is 0 Å². The number of hydrogen-bond donors (Lipinski definition) is 2. The Bertz CT molecular complexity index is 455. The minimum Gasteiger partial charge on any atom is -0.385 e. The van der Waals surface area contributed by atoms with Crippen molar-refractivity contribution < 1.29 is 4.74 Å². The SMILES string of the molecule is CN=C(NCCCOC)NCC(C)(C)c1ccccc1C. The molecule has 21 heavy (non-hydrogen) atoms. The van der Waals surface area contributed by atoms with Crippen LogP contribution in [-0.2, 0) is 10.2 Å². The van der Waals surface area contributed by atoms with E-state index < -0.39 is 0 Å². The quantitative estimate of drug-likeness (QED) is 0.461. The number of aliphatic imine (C=N–C) groups is 1. The molecular formula is C17H29N3O. The molecule has 0 radical (unpaired) electrons. The number of ether oxygens (including phenoxy) is 1. The van der Waals surface area contributed by atoms with Gasteiger partial charge in [0.2, 0.25) is 0 Å². The summed E-state index contributed by atoms with van der Waals surface area (Å²) in [7, 11) is 3.52. The fourth-order valence-corrected chi connectivity index (χ4v) is 2.38. The van der Waals surface area contributed by atoms with Gasteiger partial charge in [-0.1, -0.05) is 38.1 Å². The second-order valence-corrected chi connectivity index (χ2v) is 5.90. The largest absolute Gasteiger partial charge is 0.385 e. The van der Waals surface area contributed by atoms with Crippen LogP contribution in [0.2, 0.25) is 0 Å². The monoisotopic (exact) mass is 291 g/mol. The van der Waals surface area contributed by atoms with Gasteiger partial charge in [-0.3, -0.25) is 4.99 Å². The number of benzene rings is 1. The van der Waals surface area contributed by atoms with Gasteiger partial charge in [-0.25, -0.2) is 0 Å². The van der Waals surface area contributed by atoms with Gasteiger partial charge in [-0.05, 0) is 24.5 Å². The zero-order valence-corrected chi connectivity index (χ0v) is 14.0. The smallest absolute Gasteiger partial charge is 0.191 e. The third-order valence-electron chi connectivity index (χ3n) is 3.61. The minimum absolute atomic E-state index is 0.0511. The van der Waals surface area contributed by atoms with Gasteiger partial charge in [-0.2, -0.15) is 0 Å². The molecule has 0 spiro atoms. The van der Waals surface area contributed by atoms with E-state index in [4.69, 9.17) is 4.74 Å². The van der Waals surface area contributed by atoms with Gasteiger partial charge in [0, 0.05) is 39.3 Å². The van der Waals surface area contributed by atoms with Crippen LogP contribution in [0.1, 0.15) is 31.4 Å². The predicted octanol–water partition coefficient (Wildman–Crippen LogP) is 2.47. The zero-order chi connectivity index (χ0) is 15.7. The van der Waals surface area contributed by atoms with E-state index in [0.29, 0.717) is 0 Å². The molecule has 1 aromatic carbocycles. The number of rotatable bonds is 7. The van der Waals surface area contributed by atoms with E-state index in [9.17, 15) is 0 Å². The lowest BCUT2D eigenvalue weighted by Crippen LogP contribution is -2.44. The van der Waals surface area contributed by atoms with Crippen LogP contribution in [0.4, 0.5) is 0 Å². The molecule has 0 atom stereocenters. The Labute approximate surface area is 129 Å². The first kappa shape index (κ1) is 17.5. The van der Waals surface area contributed by atoms with Gasteiger partial charge >= 0.3 is 0 Å². The lowest BCUT2D eigenvalue weighted by molar-refractivity contribution is 0.195. The highest BCUT2D eigenvalue weighted by molar-refractivity contribution is 5.79. The van der Waals surface area contributed by atoms with Crippen LogP contribution in [0, 0.1) is 6.92 Å². The molecule has 0 amide bonds. The van der Waals surface area contributed by atoms with Crippen molar-refractivity contribution in [3.8, 4) is 0 Å². The van der Waals surface area contributed by atoms with Crippen LogP contribution < -0.4 is 10.6 Å². The Hall–Kier alpha value is -1.55. The standard InChI is InChI=1S/C17H29N3O/c1-14-9-6-7-10-15(14)17(2,3)13-20-16(18-4)19-11-8-12-21-5/h6-7,9-10H,8,11-13H2,1-5H3,(H2,18,19,20). The molecule has 0 saturated carbocycles. The Morgan fingerprint density at radius 3 is 2.57 bits per heavy atom.